The average Bonchev–Trinajstić information content (AvgIpc) is 2.64. The molecule has 0 fully saturated rings. The number of amides is 1. The maximum absolute atomic E-state index is 12.1. The zero-order chi connectivity index (χ0) is 17.6. The molecule has 25 heavy (non-hydrogen) atoms. The van der Waals surface area contributed by atoms with Crippen LogP contribution in [0.3, 0.4) is 0 Å². The molecule has 0 aliphatic rings. The van der Waals surface area contributed by atoms with E-state index in [1.165, 1.54) is 17.3 Å². The number of hydrogen-bond donors (Lipinski definition) is 2. The van der Waals surface area contributed by atoms with Crippen molar-refractivity contribution in [1.82, 2.24) is 20.3 Å². The van der Waals surface area contributed by atoms with Gasteiger partial charge < -0.3 is 10.6 Å². The van der Waals surface area contributed by atoms with Crippen molar-refractivity contribution >= 4 is 17.4 Å². The number of aromatic nitrogens is 3. The van der Waals surface area contributed by atoms with Crippen molar-refractivity contribution in [2.75, 3.05) is 5.32 Å². The lowest BCUT2D eigenvalue weighted by Gasteiger charge is -2.08. The number of pyridine rings is 1. The minimum atomic E-state index is -0.282. The van der Waals surface area contributed by atoms with E-state index in [1.54, 1.807) is 12.4 Å². The lowest BCUT2D eigenvalue weighted by atomic mass is 10.1. The molecule has 2 N–H and O–H groups in total. The molecule has 0 unspecified atom stereocenters. The number of benzene rings is 1. The van der Waals surface area contributed by atoms with Gasteiger partial charge in [-0.15, -0.1) is 0 Å². The van der Waals surface area contributed by atoms with E-state index in [9.17, 15) is 4.79 Å². The summed E-state index contributed by atoms with van der Waals surface area (Å²) in [5.74, 6) is 0.306. The van der Waals surface area contributed by atoms with Gasteiger partial charge in [0.05, 0.1) is 24.6 Å². The van der Waals surface area contributed by atoms with Crippen molar-refractivity contribution in [3.05, 3.63) is 77.5 Å². The Morgan fingerprint density at radius 3 is 2.56 bits per heavy atom. The van der Waals surface area contributed by atoms with Crippen LogP contribution in [0.25, 0.3) is 0 Å². The Morgan fingerprint density at radius 1 is 1.00 bits per heavy atom. The fourth-order valence-corrected chi connectivity index (χ4v) is 2.24. The first-order valence-corrected chi connectivity index (χ1v) is 7.96. The van der Waals surface area contributed by atoms with E-state index in [1.807, 2.05) is 36.4 Å². The molecule has 0 bridgehead atoms. The molecule has 0 aliphatic heterocycles. The lowest BCUT2D eigenvalue weighted by Crippen LogP contribution is -2.24. The van der Waals surface area contributed by atoms with Crippen LogP contribution >= 0.6 is 0 Å². The monoisotopic (exact) mass is 333 g/mol. The van der Waals surface area contributed by atoms with Gasteiger partial charge in [0.2, 0.25) is 0 Å². The highest BCUT2D eigenvalue weighted by atomic mass is 16.1. The van der Waals surface area contributed by atoms with E-state index < -0.39 is 0 Å². The van der Waals surface area contributed by atoms with Gasteiger partial charge in [-0.1, -0.05) is 12.1 Å². The summed E-state index contributed by atoms with van der Waals surface area (Å²) in [4.78, 5) is 24.7. The predicted molar refractivity (Wildman–Crippen MR) is 96.6 cm³/mol. The molecule has 0 atom stereocenters. The van der Waals surface area contributed by atoms with Gasteiger partial charge in [0.15, 0.2) is 0 Å². The molecule has 3 aromatic rings. The third-order valence-corrected chi connectivity index (χ3v) is 3.82. The summed E-state index contributed by atoms with van der Waals surface area (Å²) in [5.41, 5.74) is 4.42. The SMILES string of the molecule is Cc1ccc(Nc2cnc(C(=O)NCc3ccccn3)cn2)cc1C. The second-order valence-corrected chi connectivity index (χ2v) is 5.71. The molecule has 0 saturated heterocycles. The Kier molecular flexibility index (Phi) is 4.99. The van der Waals surface area contributed by atoms with Crippen LogP contribution in [-0.4, -0.2) is 20.9 Å². The van der Waals surface area contributed by atoms with Crippen LogP contribution in [0.5, 0.6) is 0 Å². The second kappa shape index (κ2) is 7.53. The van der Waals surface area contributed by atoms with Gasteiger partial charge in [-0.3, -0.25) is 9.78 Å². The Morgan fingerprint density at radius 2 is 1.88 bits per heavy atom. The molecular formula is C19H19N5O. The van der Waals surface area contributed by atoms with Crippen molar-refractivity contribution in [2.24, 2.45) is 0 Å². The zero-order valence-electron chi connectivity index (χ0n) is 14.2. The van der Waals surface area contributed by atoms with Crippen LogP contribution in [-0.2, 0) is 6.54 Å². The molecule has 0 spiro atoms. The summed E-state index contributed by atoms with van der Waals surface area (Å²) >= 11 is 0. The van der Waals surface area contributed by atoms with Gasteiger partial charge >= 0.3 is 0 Å². The standard InChI is InChI=1S/C19H19N5O/c1-13-6-7-15(9-14(13)2)24-18-12-21-17(11-22-18)19(25)23-10-16-5-3-4-8-20-16/h3-9,11-12H,10H2,1-2H3,(H,22,24)(H,23,25). The zero-order valence-corrected chi connectivity index (χ0v) is 14.2. The van der Waals surface area contributed by atoms with Gasteiger partial charge in [0.25, 0.3) is 5.91 Å². The first kappa shape index (κ1) is 16.6. The number of nitrogens with zero attached hydrogens (tertiary/aromatic N) is 3. The van der Waals surface area contributed by atoms with E-state index >= 15 is 0 Å². The molecule has 0 aliphatic carbocycles. The maximum atomic E-state index is 12.1. The van der Waals surface area contributed by atoms with Crippen LogP contribution in [0.4, 0.5) is 11.5 Å². The summed E-state index contributed by atoms with van der Waals surface area (Å²) in [5, 5.41) is 5.95. The number of rotatable bonds is 5. The Bertz CT molecular complexity index is 863. The summed E-state index contributed by atoms with van der Waals surface area (Å²) in [6.45, 7) is 4.47. The average molecular weight is 333 g/mol. The first-order chi connectivity index (χ1) is 12.1. The second-order valence-electron chi connectivity index (χ2n) is 5.71. The van der Waals surface area contributed by atoms with Crippen LogP contribution in [0.15, 0.2) is 55.0 Å². The molecule has 126 valence electrons. The third-order valence-electron chi connectivity index (χ3n) is 3.82. The molecule has 6 heteroatoms. The highest BCUT2D eigenvalue weighted by molar-refractivity contribution is 5.91. The molecule has 0 radical (unpaired) electrons. The normalized spacial score (nSPS) is 10.3. The van der Waals surface area contributed by atoms with Gasteiger partial charge in [0.1, 0.15) is 11.5 Å². The quantitative estimate of drug-likeness (QED) is 0.750. The van der Waals surface area contributed by atoms with Crippen LogP contribution < -0.4 is 10.6 Å². The molecule has 1 amide bonds. The topological polar surface area (TPSA) is 79.8 Å². The van der Waals surface area contributed by atoms with Gasteiger partial charge in [-0.2, -0.15) is 0 Å². The van der Waals surface area contributed by atoms with E-state index in [0.717, 1.165) is 11.4 Å². The van der Waals surface area contributed by atoms with E-state index in [0.29, 0.717) is 12.4 Å². The molecule has 3 rings (SSSR count). The summed E-state index contributed by atoms with van der Waals surface area (Å²) in [6, 6.07) is 11.6. The molecule has 2 aromatic heterocycles. The number of nitrogens with one attached hydrogen (secondary N) is 2. The largest absolute Gasteiger partial charge is 0.345 e. The summed E-state index contributed by atoms with van der Waals surface area (Å²) in [7, 11) is 0. The number of carbonyl (C=O) groups is 1. The fourth-order valence-electron chi connectivity index (χ4n) is 2.24. The molecule has 1 aromatic carbocycles. The van der Waals surface area contributed by atoms with Crippen molar-refractivity contribution in [3.63, 3.8) is 0 Å². The minimum Gasteiger partial charge on any atom is -0.345 e. The fraction of sp³-hybridized carbons (Fsp3) is 0.158. The van der Waals surface area contributed by atoms with Crippen molar-refractivity contribution < 1.29 is 4.79 Å². The molecule has 6 nitrogen and oxygen atoms in total. The van der Waals surface area contributed by atoms with Gasteiger partial charge in [-0.25, -0.2) is 9.97 Å². The lowest BCUT2D eigenvalue weighted by molar-refractivity contribution is 0.0945. The van der Waals surface area contributed by atoms with E-state index in [4.69, 9.17) is 0 Å². The van der Waals surface area contributed by atoms with Crippen LogP contribution in [0.2, 0.25) is 0 Å². The number of hydrogen-bond acceptors (Lipinski definition) is 5. The highest BCUT2D eigenvalue weighted by Gasteiger charge is 2.08. The Balaban J connectivity index is 1.61. The smallest absolute Gasteiger partial charge is 0.271 e. The van der Waals surface area contributed by atoms with Gasteiger partial charge in [0, 0.05) is 11.9 Å². The predicted octanol–water partition coefficient (Wildman–Crippen LogP) is 3.16. The first-order valence-electron chi connectivity index (χ1n) is 7.96. The van der Waals surface area contributed by atoms with Crippen molar-refractivity contribution in [3.8, 4) is 0 Å². The Hall–Kier alpha value is -3.28. The third kappa shape index (κ3) is 4.38. The number of anilines is 2. The molecule has 0 saturated carbocycles. The maximum Gasteiger partial charge on any atom is 0.271 e. The Labute approximate surface area is 146 Å². The van der Waals surface area contributed by atoms with E-state index in [2.05, 4.69) is 39.4 Å². The summed E-state index contributed by atoms with van der Waals surface area (Å²) < 4.78 is 0. The summed E-state index contributed by atoms with van der Waals surface area (Å²) in [6.07, 6.45) is 4.69. The molecular weight excluding hydrogens is 314 g/mol. The van der Waals surface area contributed by atoms with E-state index in [-0.39, 0.29) is 11.6 Å². The number of carbonyl (C=O) groups excluding carboxylic acids is 1. The number of aryl methyl sites for hydroxylation is 2. The molecule has 2 heterocycles. The highest BCUT2D eigenvalue weighted by Crippen LogP contribution is 2.17. The minimum absolute atomic E-state index is 0.265. The van der Waals surface area contributed by atoms with Crippen molar-refractivity contribution in [2.45, 2.75) is 20.4 Å². The van der Waals surface area contributed by atoms with Crippen LogP contribution in [0, 0.1) is 13.8 Å². The van der Waals surface area contributed by atoms with Crippen molar-refractivity contribution in [1.29, 1.82) is 0 Å². The van der Waals surface area contributed by atoms with Crippen LogP contribution in [0.1, 0.15) is 27.3 Å². The van der Waals surface area contributed by atoms with Gasteiger partial charge in [-0.05, 0) is 49.2 Å².